The van der Waals surface area contributed by atoms with Gasteiger partial charge in [-0.15, -0.1) is 0 Å². The smallest absolute Gasteiger partial charge is 0.276 e. The van der Waals surface area contributed by atoms with Crippen molar-refractivity contribution in [2.75, 3.05) is 13.7 Å². The van der Waals surface area contributed by atoms with Gasteiger partial charge in [-0.2, -0.15) is 0 Å². The quantitative estimate of drug-likeness (QED) is 0.313. The van der Waals surface area contributed by atoms with Gasteiger partial charge in [0.15, 0.2) is 11.7 Å². The molecule has 0 bridgehead atoms. The van der Waals surface area contributed by atoms with Crippen LogP contribution in [0.25, 0.3) is 6.08 Å². The lowest BCUT2D eigenvalue weighted by Gasteiger charge is -2.11. The normalized spacial score (nSPS) is 10.4. The maximum Gasteiger partial charge on any atom is 0.276 e. The topological polar surface area (TPSA) is 88.7 Å². The van der Waals surface area contributed by atoms with Crippen LogP contribution in [0.4, 0.5) is 0 Å². The minimum atomic E-state index is -0.452. The molecule has 0 saturated heterocycles. The number of carbonyl (C=O) groups excluding carboxylic acids is 2. The van der Waals surface area contributed by atoms with Crippen LogP contribution >= 0.6 is 28.1 Å². The van der Waals surface area contributed by atoms with E-state index in [4.69, 9.17) is 21.7 Å². The van der Waals surface area contributed by atoms with Gasteiger partial charge in [0.25, 0.3) is 5.91 Å². The van der Waals surface area contributed by atoms with Crippen molar-refractivity contribution in [3.05, 3.63) is 64.1 Å². The number of aryl methyl sites for hydroxylation is 1. The lowest BCUT2D eigenvalue weighted by Crippen LogP contribution is -2.49. The second-order valence-corrected chi connectivity index (χ2v) is 7.27. The van der Waals surface area contributed by atoms with Gasteiger partial charge in [-0.05, 0) is 76.0 Å². The average molecular weight is 492 g/mol. The molecule has 9 heteroatoms. The molecule has 0 heterocycles. The summed E-state index contributed by atoms with van der Waals surface area (Å²) in [6, 6.07) is 12.9. The Morgan fingerprint density at radius 2 is 1.87 bits per heavy atom. The second-order valence-electron chi connectivity index (χ2n) is 6.01. The van der Waals surface area contributed by atoms with Crippen molar-refractivity contribution in [3.8, 4) is 11.5 Å². The first kappa shape index (κ1) is 23.4. The minimum absolute atomic E-state index is 0.0405. The summed E-state index contributed by atoms with van der Waals surface area (Å²) < 4.78 is 11.3. The summed E-state index contributed by atoms with van der Waals surface area (Å²) >= 11 is 8.39. The van der Waals surface area contributed by atoms with Crippen LogP contribution in [0.5, 0.6) is 11.5 Å². The number of nitrogens with one attached hydrogen (secondary N) is 3. The predicted octanol–water partition coefficient (Wildman–Crippen LogP) is 3.13. The van der Waals surface area contributed by atoms with Gasteiger partial charge in [-0.3, -0.25) is 25.8 Å². The molecule has 0 unspecified atom stereocenters. The average Bonchev–Trinajstić information content (AvgIpc) is 2.75. The van der Waals surface area contributed by atoms with Gasteiger partial charge in [0.2, 0.25) is 5.91 Å². The van der Waals surface area contributed by atoms with Crippen molar-refractivity contribution in [1.82, 2.24) is 16.2 Å². The van der Waals surface area contributed by atoms with E-state index in [-0.39, 0.29) is 11.7 Å². The first-order chi connectivity index (χ1) is 14.4. The SMILES string of the molecule is CCc1ccc(OCC(=O)NNC(=S)NC(=O)/C=C/c2ccc(OC)cc2)c(Br)c1. The number of hydrogen-bond acceptors (Lipinski definition) is 5. The first-order valence-corrected chi connectivity index (χ1v) is 10.2. The fourth-order valence-electron chi connectivity index (χ4n) is 2.26. The third kappa shape index (κ3) is 7.84. The number of hydrogen-bond donors (Lipinski definition) is 3. The van der Waals surface area contributed by atoms with E-state index in [1.807, 2.05) is 24.3 Å². The van der Waals surface area contributed by atoms with E-state index in [0.29, 0.717) is 5.75 Å². The highest BCUT2D eigenvalue weighted by atomic mass is 79.9. The molecule has 0 aliphatic heterocycles. The van der Waals surface area contributed by atoms with E-state index < -0.39 is 11.8 Å². The minimum Gasteiger partial charge on any atom is -0.497 e. The summed E-state index contributed by atoms with van der Waals surface area (Å²) in [6.45, 7) is 1.84. The number of rotatable bonds is 7. The third-order valence-corrected chi connectivity index (χ3v) is 4.68. The summed E-state index contributed by atoms with van der Waals surface area (Å²) in [4.78, 5) is 23.8. The maximum absolute atomic E-state index is 11.9. The van der Waals surface area contributed by atoms with E-state index in [0.717, 1.165) is 27.8 Å². The molecular weight excluding hydrogens is 470 g/mol. The van der Waals surface area contributed by atoms with E-state index in [1.165, 1.54) is 6.08 Å². The van der Waals surface area contributed by atoms with Gasteiger partial charge < -0.3 is 9.47 Å². The molecule has 30 heavy (non-hydrogen) atoms. The zero-order valence-electron chi connectivity index (χ0n) is 16.5. The van der Waals surface area contributed by atoms with Crippen LogP contribution in [0.2, 0.25) is 0 Å². The Labute approximate surface area is 188 Å². The number of thiocarbonyl (C=S) groups is 1. The molecule has 3 N–H and O–H groups in total. The van der Waals surface area contributed by atoms with Gasteiger partial charge in [0.1, 0.15) is 11.5 Å². The van der Waals surface area contributed by atoms with E-state index in [9.17, 15) is 9.59 Å². The van der Waals surface area contributed by atoms with Crippen LogP contribution in [0.15, 0.2) is 53.0 Å². The zero-order valence-corrected chi connectivity index (χ0v) is 18.9. The van der Waals surface area contributed by atoms with Crippen LogP contribution in [0.1, 0.15) is 18.1 Å². The molecule has 0 atom stereocenters. The van der Waals surface area contributed by atoms with Crippen LogP contribution in [-0.4, -0.2) is 30.6 Å². The van der Waals surface area contributed by atoms with Gasteiger partial charge in [0, 0.05) is 6.08 Å². The molecule has 2 rings (SSSR count). The van der Waals surface area contributed by atoms with E-state index in [2.05, 4.69) is 39.0 Å². The van der Waals surface area contributed by atoms with Gasteiger partial charge in [0.05, 0.1) is 11.6 Å². The lowest BCUT2D eigenvalue weighted by atomic mass is 10.2. The molecule has 0 spiro atoms. The van der Waals surface area contributed by atoms with Crippen LogP contribution in [0.3, 0.4) is 0 Å². The van der Waals surface area contributed by atoms with Crippen LogP contribution < -0.4 is 25.6 Å². The lowest BCUT2D eigenvalue weighted by molar-refractivity contribution is -0.123. The molecule has 0 aromatic heterocycles. The first-order valence-electron chi connectivity index (χ1n) is 9.04. The monoisotopic (exact) mass is 491 g/mol. The van der Waals surface area contributed by atoms with Crippen molar-refractivity contribution in [3.63, 3.8) is 0 Å². The molecule has 2 aromatic rings. The second kappa shape index (κ2) is 11.9. The largest absolute Gasteiger partial charge is 0.497 e. The summed E-state index contributed by atoms with van der Waals surface area (Å²) in [5.41, 5.74) is 6.80. The van der Waals surface area contributed by atoms with Crippen LogP contribution in [-0.2, 0) is 16.0 Å². The zero-order chi connectivity index (χ0) is 21.9. The number of hydrazine groups is 1. The number of halogens is 1. The highest BCUT2D eigenvalue weighted by molar-refractivity contribution is 9.10. The Balaban J connectivity index is 1.72. The summed E-state index contributed by atoms with van der Waals surface area (Å²) in [6.07, 6.45) is 3.87. The van der Waals surface area contributed by atoms with Crippen molar-refractivity contribution in [2.24, 2.45) is 0 Å². The molecule has 0 radical (unpaired) electrons. The molecule has 2 amide bonds. The van der Waals surface area contributed by atoms with Crippen LogP contribution in [0, 0.1) is 0 Å². The number of benzene rings is 2. The Kier molecular flexibility index (Phi) is 9.30. The van der Waals surface area contributed by atoms with Gasteiger partial charge >= 0.3 is 0 Å². The van der Waals surface area contributed by atoms with Crippen molar-refractivity contribution < 1.29 is 19.1 Å². The summed E-state index contributed by atoms with van der Waals surface area (Å²) in [5, 5.41) is 2.39. The Bertz CT molecular complexity index is 932. The Morgan fingerprint density at radius 1 is 1.13 bits per heavy atom. The Morgan fingerprint density at radius 3 is 2.50 bits per heavy atom. The highest BCUT2D eigenvalue weighted by Gasteiger charge is 2.07. The molecule has 0 aliphatic carbocycles. The number of amides is 2. The molecule has 7 nitrogen and oxygen atoms in total. The molecular formula is C21H22BrN3O4S. The third-order valence-electron chi connectivity index (χ3n) is 3.86. The standard InChI is InChI=1S/C21H22BrN3O4S/c1-3-14-6-10-18(17(22)12-14)29-13-20(27)24-25-21(30)23-19(26)11-7-15-4-8-16(28-2)9-5-15/h4-12H,3,13H2,1-2H3,(H,24,27)(H2,23,25,26,30)/b11-7+. The van der Waals surface area contributed by atoms with E-state index >= 15 is 0 Å². The number of carbonyl (C=O) groups is 2. The van der Waals surface area contributed by atoms with Crippen molar-refractivity contribution in [1.29, 1.82) is 0 Å². The van der Waals surface area contributed by atoms with Crippen molar-refractivity contribution in [2.45, 2.75) is 13.3 Å². The molecule has 0 saturated carbocycles. The van der Waals surface area contributed by atoms with E-state index in [1.54, 1.807) is 31.4 Å². The molecule has 2 aromatic carbocycles. The molecule has 158 valence electrons. The number of methoxy groups -OCH3 is 1. The van der Waals surface area contributed by atoms with Gasteiger partial charge in [-0.25, -0.2) is 0 Å². The predicted molar refractivity (Wildman–Crippen MR) is 123 cm³/mol. The number of ether oxygens (including phenoxy) is 2. The summed E-state index contributed by atoms with van der Waals surface area (Å²) in [5.74, 6) is 0.398. The molecule has 0 fully saturated rings. The summed E-state index contributed by atoms with van der Waals surface area (Å²) in [7, 11) is 1.58. The van der Waals surface area contributed by atoms with Gasteiger partial charge in [-0.1, -0.05) is 25.1 Å². The fourth-order valence-corrected chi connectivity index (χ4v) is 2.95. The maximum atomic E-state index is 11.9. The fraction of sp³-hybridized carbons (Fsp3) is 0.190. The molecule has 0 aliphatic rings. The highest BCUT2D eigenvalue weighted by Crippen LogP contribution is 2.26. The van der Waals surface area contributed by atoms with Crippen molar-refractivity contribution >= 4 is 51.2 Å². The Hall–Kier alpha value is -2.91.